The third kappa shape index (κ3) is 1.98. The van der Waals surface area contributed by atoms with E-state index >= 15 is 0 Å². The van der Waals surface area contributed by atoms with Gasteiger partial charge in [-0.2, -0.15) is 0 Å². The predicted molar refractivity (Wildman–Crippen MR) is 70.9 cm³/mol. The molecule has 1 heterocycles. The molecule has 1 N–H and O–H groups in total. The maximum Gasteiger partial charge on any atom is 0.123 e. The zero-order chi connectivity index (χ0) is 11.8. The molecule has 0 saturated heterocycles. The molecule has 1 nitrogen and oxygen atoms in total. The van der Waals surface area contributed by atoms with Gasteiger partial charge in [-0.1, -0.05) is 6.42 Å². The second-order valence-corrected chi connectivity index (χ2v) is 5.90. The van der Waals surface area contributed by atoms with Gasteiger partial charge in [0.15, 0.2) is 0 Å². The maximum absolute atomic E-state index is 13.2. The Balaban J connectivity index is 1.98. The predicted octanol–water partition coefficient (Wildman–Crippen LogP) is 4.10. The molecule has 3 heteroatoms. The minimum absolute atomic E-state index is 0.147. The average Bonchev–Trinajstić information content (AvgIpc) is 2.65. The number of hydrogen-bond donors (Lipinski definition) is 1. The maximum atomic E-state index is 13.2. The third-order valence-electron chi connectivity index (χ3n) is 3.74. The summed E-state index contributed by atoms with van der Waals surface area (Å²) in [6.07, 6.45) is 3.98. The van der Waals surface area contributed by atoms with Crippen molar-refractivity contribution in [1.29, 1.82) is 0 Å². The normalized spacial score (nSPS) is 18.2. The zero-order valence-electron chi connectivity index (χ0n) is 9.87. The lowest BCUT2D eigenvalue weighted by Crippen LogP contribution is -2.28. The van der Waals surface area contributed by atoms with Crippen LogP contribution in [0.5, 0.6) is 0 Å². The summed E-state index contributed by atoms with van der Waals surface area (Å²) in [6.45, 7) is 0. The van der Waals surface area contributed by atoms with Gasteiger partial charge in [0.05, 0.1) is 0 Å². The van der Waals surface area contributed by atoms with Crippen LogP contribution in [0, 0.1) is 11.7 Å². The molecule has 1 aromatic carbocycles. The van der Waals surface area contributed by atoms with E-state index in [4.69, 9.17) is 0 Å². The van der Waals surface area contributed by atoms with Gasteiger partial charge < -0.3 is 5.32 Å². The fourth-order valence-electron chi connectivity index (χ4n) is 2.57. The molecule has 0 radical (unpaired) electrons. The van der Waals surface area contributed by atoms with Crippen molar-refractivity contribution in [2.45, 2.75) is 25.3 Å². The fourth-order valence-corrected chi connectivity index (χ4v) is 3.82. The molecule has 3 rings (SSSR count). The summed E-state index contributed by atoms with van der Waals surface area (Å²) in [6, 6.07) is 7.64. The quantitative estimate of drug-likeness (QED) is 0.863. The zero-order valence-corrected chi connectivity index (χ0v) is 10.7. The van der Waals surface area contributed by atoms with Crippen molar-refractivity contribution in [2.24, 2.45) is 5.92 Å². The molecule has 1 atom stereocenters. The Bertz CT molecular complexity index is 530. The second kappa shape index (κ2) is 4.39. The van der Waals surface area contributed by atoms with Gasteiger partial charge in [0.2, 0.25) is 0 Å². The van der Waals surface area contributed by atoms with E-state index in [0.717, 1.165) is 11.3 Å². The van der Waals surface area contributed by atoms with Crippen molar-refractivity contribution >= 4 is 21.4 Å². The lowest BCUT2D eigenvalue weighted by molar-refractivity contribution is 0.242. The Hall–Kier alpha value is -0.930. The number of hydrogen-bond acceptors (Lipinski definition) is 2. The van der Waals surface area contributed by atoms with Crippen molar-refractivity contribution < 1.29 is 4.39 Å². The van der Waals surface area contributed by atoms with E-state index in [1.54, 1.807) is 23.5 Å². The summed E-state index contributed by atoms with van der Waals surface area (Å²) in [5.41, 5.74) is 0. The lowest BCUT2D eigenvalue weighted by atomic mass is 9.79. The van der Waals surface area contributed by atoms with Gasteiger partial charge in [0.1, 0.15) is 5.82 Å². The van der Waals surface area contributed by atoms with Crippen LogP contribution >= 0.6 is 11.3 Å². The number of halogens is 1. The van der Waals surface area contributed by atoms with E-state index in [-0.39, 0.29) is 5.82 Å². The number of nitrogens with one attached hydrogen (secondary N) is 1. The summed E-state index contributed by atoms with van der Waals surface area (Å²) in [4.78, 5) is 1.35. The van der Waals surface area contributed by atoms with Gasteiger partial charge in [0.25, 0.3) is 0 Å². The fraction of sp³-hybridized carbons (Fsp3) is 0.429. The first kappa shape index (κ1) is 11.2. The van der Waals surface area contributed by atoms with Crippen molar-refractivity contribution in [2.75, 3.05) is 7.05 Å². The molecule has 0 aliphatic heterocycles. The molecule has 1 saturated carbocycles. The van der Waals surface area contributed by atoms with Gasteiger partial charge in [-0.05, 0) is 55.5 Å². The average molecular weight is 249 g/mol. The summed E-state index contributed by atoms with van der Waals surface area (Å²) in [5.74, 6) is 0.615. The van der Waals surface area contributed by atoms with Gasteiger partial charge in [-0.3, -0.25) is 0 Å². The number of fused-ring (bicyclic) bond motifs is 1. The molecule has 1 fully saturated rings. The van der Waals surface area contributed by atoms with Crippen LogP contribution in [0.1, 0.15) is 30.2 Å². The first-order valence-electron chi connectivity index (χ1n) is 6.14. The van der Waals surface area contributed by atoms with E-state index in [1.807, 2.05) is 13.1 Å². The minimum atomic E-state index is -0.147. The first-order chi connectivity index (χ1) is 8.28. The molecule has 2 aromatic rings. The molecule has 0 bridgehead atoms. The second-order valence-electron chi connectivity index (χ2n) is 4.79. The van der Waals surface area contributed by atoms with Crippen LogP contribution in [0.15, 0.2) is 24.3 Å². The molecule has 0 amide bonds. The number of thiophene rings is 1. The van der Waals surface area contributed by atoms with Crippen LogP contribution in [-0.4, -0.2) is 7.05 Å². The highest BCUT2D eigenvalue weighted by molar-refractivity contribution is 7.19. The Labute approximate surface area is 105 Å². The minimum Gasteiger partial charge on any atom is -0.312 e. The standard InChI is InChI=1S/C14H16FNS/c1-16-14(9-3-2-4-9)13-8-10-7-11(15)5-6-12(10)17-13/h5-9,14,16H,2-4H2,1H3. The van der Waals surface area contributed by atoms with Crippen molar-refractivity contribution in [3.63, 3.8) is 0 Å². The highest BCUT2D eigenvalue weighted by Crippen LogP contribution is 2.41. The van der Waals surface area contributed by atoms with Gasteiger partial charge in [-0.25, -0.2) is 4.39 Å². The molecular formula is C14H16FNS. The van der Waals surface area contributed by atoms with Crippen LogP contribution < -0.4 is 5.32 Å². The van der Waals surface area contributed by atoms with Crippen LogP contribution in [0.4, 0.5) is 4.39 Å². The molecule has 1 aliphatic rings. The van der Waals surface area contributed by atoms with E-state index in [9.17, 15) is 4.39 Å². The summed E-state index contributed by atoms with van der Waals surface area (Å²) < 4.78 is 14.3. The summed E-state index contributed by atoms with van der Waals surface area (Å²) >= 11 is 1.79. The summed E-state index contributed by atoms with van der Waals surface area (Å²) in [5, 5.41) is 4.44. The third-order valence-corrected chi connectivity index (χ3v) is 4.94. The lowest BCUT2D eigenvalue weighted by Gasteiger charge is -2.32. The Morgan fingerprint density at radius 1 is 1.35 bits per heavy atom. The largest absolute Gasteiger partial charge is 0.312 e. The smallest absolute Gasteiger partial charge is 0.123 e. The van der Waals surface area contributed by atoms with Gasteiger partial charge in [-0.15, -0.1) is 11.3 Å². The molecule has 0 spiro atoms. The van der Waals surface area contributed by atoms with Crippen molar-refractivity contribution in [3.05, 3.63) is 35.0 Å². The monoisotopic (exact) mass is 249 g/mol. The van der Waals surface area contributed by atoms with E-state index in [2.05, 4.69) is 11.4 Å². The van der Waals surface area contributed by atoms with E-state index in [0.29, 0.717) is 6.04 Å². The number of rotatable bonds is 3. The van der Waals surface area contributed by atoms with Gasteiger partial charge >= 0.3 is 0 Å². The van der Waals surface area contributed by atoms with Crippen molar-refractivity contribution in [1.82, 2.24) is 5.32 Å². The number of benzene rings is 1. The molecule has 1 aliphatic carbocycles. The highest BCUT2D eigenvalue weighted by Gasteiger charge is 2.28. The van der Waals surface area contributed by atoms with Crippen LogP contribution in [0.25, 0.3) is 10.1 Å². The molecule has 1 unspecified atom stereocenters. The highest BCUT2D eigenvalue weighted by atomic mass is 32.1. The van der Waals surface area contributed by atoms with Crippen LogP contribution in [0.2, 0.25) is 0 Å². The topological polar surface area (TPSA) is 12.0 Å². The Kier molecular flexibility index (Phi) is 2.89. The van der Waals surface area contributed by atoms with E-state index < -0.39 is 0 Å². The molecule has 17 heavy (non-hydrogen) atoms. The summed E-state index contributed by atoms with van der Waals surface area (Å²) in [7, 11) is 2.02. The van der Waals surface area contributed by atoms with Gasteiger partial charge in [0, 0.05) is 15.6 Å². The van der Waals surface area contributed by atoms with Crippen LogP contribution in [-0.2, 0) is 0 Å². The Morgan fingerprint density at radius 2 is 2.18 bits per heavy atom. The molecule has 90 valence electrons. The molecule has 1 aromatic heterocycles. The van der Waals surface area contributed by atoms with Crippen molar-refractivity contribution in [3.8, 4) is 0 Å². The van der Waals surface area contributed by atoms with Crippen LogP contribution in [0.3, 0.4) is 0 Å². The first-order valence-corrected chi connectivity index (χ1v) is 6.96. The Morgan fingerprint density at radius 3 is 2.82 bits per heavy atom. The van der Waals surface area contributed by atoms with E-state index in [1.165, 1.54) is 28.8 Å². The molecular weight excluding hydrogens is 233 g/mol. The SMILES string of the molecule is CNC(c1cc2cc(F)ccc2s1)C1CCC1.